The van der Waals surface area contributed by atoms with Crippen molar-refractivity contribution in [2.45, 2.75) is 45.7 Å². The van der Waals surface area contributed by atoms with Crippen LogP contribution < -0.4 is 20.1 Å². The minimum absolute atomic E-state index is 0.00172. The lowest BCUT2D eigenvalue weighted by atomic mass is 10.0. The van der Waals surface area contributed by atoms with Gasteiger partial charge in [-0.2, -0.15) is 4.98 Å². The van der Waals surface area contributed by atoms with Crippen LogP contribution >= 0.6 is 0 Å². The van der Waals surface area contributed by atoms with Gasteiger partial charge < -0.3 is 19.3 Å². The monoisotopic (exact) mass is 620 g/mol. The first-order valence-electron chi connectivity index (χ1n) is 14.6. The molecule has 1 amide bonds. The van der Waals surface area contributed by atoms with E-state index in [1.165, 1.54) is 16.7 Å². The van der Waals surface area contributed by atoms with E-state index in [1.807, 2.05) is 32.6 Å². The van der Waals surface area contributed by atoms with Gasteiger partial charge in [0.05, 0.1) is 11.1 Å². The molecule has 10 nitrogen and oxygen atoms in total. The molecule has 2 aliphatic heterocycles. The van der Waals surface area contributed by atoms with Crippen LogP contribution in [0.1, 0.15) is 39.3 Å². The van der Waals surface area contributed by atoms with E-state index in [1.54, 1.807) is 17.2 Å². The molecule has 5 heterocycles. The van der Waals surface area contributed by atoms with Gasteiger partial charge in [0, 0.05) is 49.1 Å². The number of carbonyl (C=O) groups excluding carboxylic acids is 1. The Morgan fingerprint density at radius 2 is 1.71 bits per heavy atom. The number of aromatic nitrogens is 4. The zero-order valence-corrected chi connectivity index (χ0v) is 25.2. The predicted octanol–water partition coefficient (Wildman–Crippen LogP) is 4.77. The van der Waals surface area contributed by atoms with Crippen LogP contribution in [0.4, 0.5) is 19.0 Å². The third-order valence-corrected chi connectivity index (χ3v) is 8.08. The van der Waals surface area contributed by atoms with Crippen LogP contribution in [0.25, 0.3) is 28.0 Å². The number of carbonyl (C=O) groups is 1. The molecule has 0 saturated carbocycles. The molecule has 234 valence electrons. The molecule has 1 fully saturated rings. The summed E-state index contributed by atoms with van der Waals surface area (Å²) in [7, 11) is 0. The second-order valence-corrected chi connectivity index (χ2v) is 11.4. The van der Waals surface area contributed by atoms with Crippen molar-refractivity contribution >= 4 is 22.8 Å². The smallest absolute Gasteiger partial charge is 0.356 e. The summed E-state index contributed by atoms with van der Waals surface area (Å²) in [6.07, 6.45) is 2.80. The number of nitrogens with zero attached hydrogens (tertiary/aromatic N) is 6. The van der Waals surface area contributed by atoms with Crippen molar-refractivity contribution in [2.24, 2.45) is 0 Å². The van der Waals surface area contributed by atoms with Crippen LogP contribution in [0.15, 0.2) is 47.9 Å². The normalized spacial score (nSPS) is 18.0. The van der Waals surface area contributed by atoms with E-state index in [0.29, 0.717) is 12.2 Å². The number of hydrogen-bond acceptors (Lipinski definition) is 8. The van der Waals surface area contributed by atoms with Crippen molar-refractivity contribution in [3.05, 3.63) is 76.7 Å². The summed E-state index contributed by atoms with van der Waals surface area (Å²) in [6.45, 7) is 11.6. The number of fused-ring (bicyclic) bond motifs is 5. The third kappa shape index (κ3) is 5.15. The first kappa shape index (κ1) is 30.1. The van der Waals surface area contributed by atoms with Crippen molar-refractivity contribution in [1.29, 1.82) is 0 Å². The van der Waals surface area contributed by atoms with Crippen LogP contribution in [-0.4, -0.2) is 68.7 Å². The van der Waals surface area contributed by atoms with E-state index >= 15 is 4.39 Å². The van der Waals surface area contributed by atoms with Crippen LogP contribution in [-0.2, 0) is 4.79 Å². The minimum atomic E-state index is -1.22. The number of ether oxygens (including phenoxy) is 2. The molecule has 0 radical (unpaired) electrons. The van der Waals surface area contributed by atoms with Crippen molar-refractivity contribution < 1.29 is 27.4 Å². The lowest BCUT2D eigenvalue weighted by molar-refractivity contribution is -0.128. The molecule has 13 heteroatoms. The largest absolute Gasteiger partial charge is 0.489 e. The topological polar surface area (TPSA) is 103 Å². The highest BCUT2D eigenvalue weighted by atomic mass is 19.2. The number of hydrogen-bond donors (Lipinski definition) is 0. The molecule has 2 atom stereocenters. The number of amides is 1. The zero-order chi connectivity index (χ0) is 32.2. The van der Waals surface area contributed by atoms with Gasteiger partial charge in [-0.05, 0) is 38.0 Å². The summed E-state index contributed by atoms with van der Waals surface area (Å²) < 4.78 is 58.0. The highest BCUT2D eigenvalue weighted by Crippen LogP contribution is 2.38. The molecular weight excluding hydrogens is 589 g/mol. The molecule has 1 saturated heterocycles. The SMILES string of the molecule is C=CC(=O)N1C[C@H](C)N(c2nc(=O)n3c4nc(c(F)cc24)-c2cc(F)c(F)cc2OCCOc2ccnc(C(C)C)c2-3)C[C@H]1C. The summed E-state index contributed by atoms with van der Waals surface area (Å²) in [5, 5.41) is 0.185. The molecule has 0 spiro atoms. The molecule has 4 aromatic rings. The Morgan fingerprint density at radius 1 is 1.00 bits per heavy atom. The molecule has 2 aliphatic rings. The van der Waals surface area contributed by atoms with Gasteiger partial charge in [-0.1, -0.05) is 20.4 Å². The Bertz CT molecular complexity index is 1910. The van der Waals surface area contributed by atoms with Gasteiger partial charge >= 0.3 is 5.69 Å². The second kappa shape index (κ2) is 11.5. The van der Waals surface area contributed by atoms with Gasteiger partial charge in [-0.25, -0.2) is 27.5 Å². The number of rotatable bonds is 3. The fraction of sp³-hybridized carbons (Fsp3) is 0.344. The van der Waals surface area contributed by atoms with Crippen molar-refractivity contribution in [2.75, 3.05) is 31.2 Å². The van der Waals surface area contributed by atoms with E-state index in [4.69, 9.17) is 9.47 Å². The predicted molar refractivity (Wildman–Crippen MR) is 161 cm³/mol. The average Bonchev–Trinajstić information content (AvgIpc) is 3.00. The Kier molecular flexibility index (Phi) is 7.71. The Labute approximate surface area is 256 Å². The summed E-state index contributed by atoms with van der Waals surface area (Å²) in [5.74, 6) is -3.36. The first-order chi connectivity index (χ1) is 21.5. The molecule has 3 aromatic heterocycles. The lowest BCUT2D eigenvalue weighted by Gasteiger charge is -2.44. The first-order valence-corrected chi connectivity index (χ1v) is 14.6. The molecule has 45 heavy (non-hydrogen) atoms. The fourth-order valence-corrected chi connectivity index (χ4v) is 5.91. The summed E-state index contributed by atoms with van der Waals surface area (Å²) in [6, 6.07) is 3.80. The maximum Gasteiger partial charge on any atom is 0.356 e. The van der Waals surface area contributed by atoms with E-state index < -0.39 is 23.1 Å². The van der Waals surface area contributed by atoms with E-state index in [0.717, 1.165) is 12.1 Å². The highest BCUT2D eigenvalue weighted by Gasteiger charge is 2.34. The Morgan fingerprint density at radius 3 is 2.42 bits per heavy atom. The zero-order valence-electron chi connectivity index (χ0n) is 25.2. The second-order valence-electron chi connectivity index (χ2n) is 11.4. The number of anilines is 1. The van der Waals surface area contributed by atoms with Crippen molar-refractivity contribution in [3.8, 4) is 28.4 Å². The average molecular weight is 621 g/mol. The van der Waals surface area contributed by atoms with E-state index in [9.17, 15) is 18.4 Å². The van der Waals surface area contributed by atoms with E-state index in [-0.39, 0.29) is 89.0 Å². The summed E-state index contributed by atoms with van der Waals surface area (Å²) >= 11 is 0. The molecule has 0 N–H and O–H groups in total. The molecule has 0 aliphatic carbocycles. The van der Waals surface area contributed by atoms with Gasteiger partial charge in [0.2, 0.25) is 5.91 Å². The molecule has 6 rings (SSSR count). The quantitative estimate of drug-likeness (QED) is 0.302. The molecular formula is C32H31F3N6O4. The standard InChI is InChI=1S/C32H31F3N6O4/c1-6-26(42)39-14-18(5)40(15-17(39)4)30-20-12-23(35)28-19-11-21(33)22(34)13-25(19)45-10-9-44-24-7-8-36-27(16(2)3)29(24)41(31(20)37-28)32(43)38-30/h6-8,11-13,16-18H,1,9-10,14-15H2,2-5H3/t17-,18+/m1/s1. The van der Waals surface area contributed by atoms with Crippen LogP contribution in [0, 0.1) is 17.5 Å². The van der Waals surface area contributed by atoms with E-state index in [2.05, 4.69) is 21.5 Å². The maximum atomic E-state index is 16.2. The van der Waals surface area contributed by atoms with Crippen LogP contribution in [0.5, 0.6) is 11.5 Å². The minimum Gasteiger partial charge on any atom is -0.489 e. The molecule has 2 bridgehead atoms. The Hall–Kier alpha value is -4.94. The molecule has 1 aromatic carbocycles. The van der Waals surface area contributed by atoms with Gasteiger partial charge in [-0.15, -0.1) is 0 Å². The third-order valence-electron chi connectivity index (χ3n) is 8.08. The number of benzene rings is 1. The van der Waals surface area contributed by atoms with Gasteiger partial charge in [0.25, 0.3) is 0 Å². The van der Waals surface area contributed by atoms with Gasteiger partial charge in [0.15, 0.2) is 23.1 Å². The highest BCUT2D eigenvalue weighted by molar-refractivity contribution is 5.92. The number of piperazine rings is 1. The Balaban J connectivity index is 1.69. The number of halogens is 3. The lowest BCUT2D eigenvalue weighted by Crippen LogP contribution is -2.58. The van der Waals surface area contributed by atoms with Gasteiger partial charge in [-0.3, -0.25) is 9.78 Å². The van der Waals surface area contributed by atoms with Crippen molar-refractivity contribution in [1.82, 2.24) is 24.4 Å². The van der Waals surface area contributed by atoms with Gasteiger partial charge in [0.1, 0.15) is 41.9 Å². The van der Waals surface area contributed by atoms with Crippen LogP contribution in [0.3, 0.4) is 0 Å². The molecule has 0 unspecified atom stereocenters. The fourth-order valence-electron chi connectivity index (χ4n) is 5.91. The number of pyridine rings is 2. The van der Waals surface area contributed by atoms with Crippen LogP contribution in [0.2, 0.25) is 0 Å². The summed E-state index contributed by atoms with van der Waals surface area (Å²) in [4.78, 5) is 43.7. The summed E-state index contributed by atoms with van der Waals surface area (Å²) in [5.41, 5.74) is -0.432. The maximum absolute atomic E-state index is 16.2. The van der Waals surface area contributed by atoms with Crippen molar-refractivity contribution in [3.63, 3.8) is 0 Å².